The topological polar surface area (TPSA) is 92.9 Å². The molecule has 0 saturated heterocycles. The van der Waals surface area contributed by atoms with Crippen molar-refractivity contribution < 1.29 is 9.90 Å². The molecule has 3 heterocycles. The van der Waals surface area contributed by atoms with E-state index in [1.807, 2.05) is 47.3 Å². The van der Waals surface area contributed by atoms with Crippen LogP contribution in [0, 0.1) is 3.57 Å². The van der Waals surface area contributed by atoms with Gasteiger partial charge in [-0.05, 0) is 77.5 Å². The third-order valence-electron chi connectivity index (χ3n) is 5.55. The van der Waals surface area contributed by atoms with Crippen LogP contribution in [-0.4, -0.2) is 43.2 Å². The fourth-order valence-electron chi connectivity index (χ4n) is 3.83. The monoisotopic (exact) mass is 563 g/mol. The summed E-state index contributed by atoms with van der Waals surface area (Å²) in [6.07, 6.45) is 3.02. The van der Waals surface area contributed by atoms with Gasteiger partial charge in [0.2, 0.25) is 0 Å². The molecular formula is C26H22IN5O2. The van der Waals surface area contributed by atoms with Crippen molar-refractivity contribution in [1.82, 2.24) is 24.8 Å². The van der Waals surface area contributed by atoms with E-state index >= 15 is 0 Å². The molecule has 170 valence electrons. The Kier molecular flexibility index (Phi) is 6.25. The molecule has 34 heavy (non-hydrogen) atoms. The highest BCUT2D eigenvalue weighted by atomic mass is 127. The molecule has 2 aromatic carbocycles. The van der Waals surface area contributed by atoms with Crippen LogP contribution in [0.5, 0.6) is 0 Å². The number of fused-ring (bicyclic) bond motifs is 2. The van der Waals surface area contributed by atoms with Gasteiger partial charge in [0.15, 0.2) is 5.65 Å². The number of aliphatic hydroxyl groups is 1. The lowest BCUT2D eigenvalue weighted by Crippen LogP contribution is -2.31. The van der Waals surface area contributed by atoms with E-state index < -0.39 is 6.10 Å². The summed E-state index contributed by atoms with van der Waals surface area (Å²) >= 11 is 2.16. The molecule has 7 nitrogen and oxygen atoms in total. The lowest BCUT2D eigenvalue weighted by Gasteiger charge is -2.10. The Morgan fingerprint density at radius 3 is 2.76 bits per heavy atom. The molecule has 1 amide bonds. The number of carbonyl (C=O) groups excluding carboxylic acids is 1. The van der Waals surface area contributed by atoms with Gasteiger partial charge in [0, 0.05) is 27.3 Å². The summed E-state index contributed by atoms with van der Waals surface area (Å²) in [6, 6.07) is 19.8. The van der Waals surface area contributed by atoms with Gasteiger partial charge in [0.1, 0.15) is 5.52 Å². The van der Waals surface area contributed by atoms with Crippen LogP contribution in [-0.2, 0) is 6.54 Å². The van der Waals surface area contributed by atoms with E-state index in [0.29, 0.717) is 12.1 Å². The van der Waals surface area contributed by atoms with Gasteiger partial charge < -0.3 is 15.0 Å². The molecule has 0 spiro atoms. The lowest BCUT2D eigenvalue weighted by molar-refractivity contribution is 0.0923. The third-order valence-corrected chi connectivity index (χ3v) is 6.44. The maximum Gasteiger partial charge on any atom is 0.252 e. The Morgan fingerprint density at radius 1 is 1.09 bits per heavy atom. The minimum Gasteiger partial charge on any atom is -0.392 e. The number of hydrogen-bond acceptors (Lipinski definition) is 5. The highest BCUT2D eigenvalue weighted by Gasteiger charge is 2.13. The molecule has 0 aliphatic heterocycles. The first kappa shape index (κ1) is 22.4. The van der Waals surface area contributed by atoms with Gasteiger partial charge in [-0.1, -0.05) is 18.2 Å². The van der Waals surface area contributed by atoms with Crippen molar-refractivity contribution in [2.75, 3.05) is 6.54 Å². The fraction of sp³-hybridized carbons (Fsp3) is 0.154. The third kappa shape index (κ3) is 4.64. The second kappa shape index (κ2) is 9.47. The molecule has 5 rings (SSSR count). The number of aliphatic hydroxyl groups excluding tert-OH is 1. The summed E-state index contributed by atoms with van der Waals surface area (Å²) in [7, 11) is 0. The summed E-state index contributed by atoms with van der Waals surface area (Å²) in [6.45, 7) is 2.50. The average molecular weight is 563 g/mol. The first-order valence-corrected chi connectivity index (χ1v) is 12.0. The van der Waals surface area contributed by atoms with Gasteiger partial charge in [0.25, 0.3) is 5.91 Å². The van der Waals surface area contributed by atoms with Gasteiger partial charge in [-0.15, -0.1) is 0 Å². The van der Waals surface area contributed by atoms with Crippen molar-refractivity contribution in [2.45, 2.75) is 19.6 Å². The summed E-state index contributed by atoms with van der Waals surface area (Å²) < 4.78 is 2.86. The Bertz CT molecular complexity index is 1510. The smallest absolute Gasteiger partial charge is 0.252 e. The Hall–Kier alpha value is -3.37. The lowest BCUT2D eigenvalue weighted by atomic mass is 10.1. The van der Waals surface area contributed by atoms with E-state index in [9.17, 15) is 9.90 Å². The number of halogens is 1. The highest BCUT2D eigenvalue weighted by Crippen LogP contribution is 2.25. The van der Waals surface area contributed by atoms with E-state index in [1.165, 1.54) is 0 Å². The second-order valence-corrected chi connectivity index (χ2v) is 9.36. The number of nitrogens with one attached hydrogen (secondary N) is 1. The highest BCUT2D eigenvalue weighted by molar-refractivity contribution is 14.1. The molecule has 0 bridgehead atoms. The fourth-order valence-corrected chi connectivity index (χ4v) is 4.59. The molecular weight excluding hydrogens is 541 g/mol. The minimum absolute atomic E-state index is 0.205. The summed E-state index contributed by atoms with van der Waals surface area (Å²) in [5.41, 5.74) is 6.05. The van der Waals surface area contributed by atoms with Crippen molar-refractivity contribution in [3.63, 3.8) is 0 Å². The first-order valence-electron chi connectivity index (χ1n) is 10.9. The maximum absolute atomic E-state index is 12.4. The van der Waals surface area contributed by atoms with Crippen molar-refractivity contribution in [3.05, 3.63) is 87.9 Å². The zero-order valence-electron chi connectivity index (χ0n) is 18.4. The quantitative estimate of drug-likeness (QED) is 0.299. The zero-order valence-corrected chi connectivity index (χ0v) is 20.6. The number of benzene rings is 2. The number of carbonyl (C=O) groups is 1. The first-order chi connectivity index (χ1) is 16.5. The number of rotatable bonds is 6. The van der Waals surface area contributed by atoms with Crippen molar-refractivity contribution in [2.24, 2.45) is 0 Å². The molecule has 0 fully saturated rings. The van der Waals surface area contributed by atoms with Crippen LogP contribution >= 0.6 is 22.6 Å². The van der Waals surface area contributed by atoms with Crippen molar-refractivity contribution in [3.8, 4) is 11.3 Å². The zero-order chi connectivity index (χ0) is 23.7. The van der Waals surface area contributed by atoms with Gasteiger partial charge in [-0.3, -0.25) is 9.78 Å². The summed E-state index contributed by atoms with van der Waals surface area (Å²) in [4.78, 5) is 26.2. The molecule has 8 heteroatoms. The van der Waals surface area contributed by atoms with Gasteiger partial charge in [0.05, 0.1) is 35.8 Å². The number of pyridine rings is 2. The predicted octanol–water partition coefficient (Wildman–Crippen LogP) is 4.41. The number of amides is 1. The maximum atomic E-state index is 12.4. The number of hydrogen-bond donors (Lipinski definition) is 2. The van der Waals surface area contributed by atoms with Gasteiger partial charge in [-0.25, -0.2) is 9.97 Å². The predicted molar refractivity (Wildman–Crippen MR) is 141 cm³/mol. The second-order valence-electron chi connectivity index (χ2n) is 8.20. The summed E-state index contributed by atoms with van der Waals surface area (Å²) in [5, 5.41) is 13.2. The van der Waals surface area contributed by atoms with Crippen LogP contribution in [0.2, 0.25) is 0 Å². The molecule has 2 N–H and O–H groups in total. The van der Waals surface area contributed by atoms with E-state index in [4.69, 9.17) is 4.98 Å². The van der Waals surface area contributed by atoms with Crippen LogP contribution in [0.1, 0.15) is 22.8 Å². The molecule has 3 aromatic heterocycles. The van der Waals surface area contributed by atoms with Crippen LogP contribution in [0.25, 0.3) is 33.3 Å². The van der Waals surface area contributed by atoms with Crippen LogP contribution in [0.4, 0.5) is 0 Å². The van der Waals surface area contributed by atoms with E-state index in [-0.39, 0.29) is 12.5 Å². The van der Waals surface area contributed by atoms with E-state index in [1.54, 1.807) is 19.2 Å². The van der Waals surface area contributed by atoms with E-state index in [2.05, 4.69) is 56.1 Å². The Morgan fingerprint density at radius 2 is 1.94 bits per heavy atom. The van der Waals surface area contributed by atoms with Gasteiger partial charge >= 0.3 is 0 Å². The normalized spacial score (nSPS) is 12.2. The SMILES string of the molecule is C[C@H](O)CNC(=O)c1ccc(-c2ccc3ncn(Cc4ccc5ncccc5c4)c3n2)cc1I. The number of aromatic nitrogens is 4. The molecule has 0 saturated carbocycles. The van der Waals surface area contributed by atoms with Crippen LogP contribution in [0.3, 0.4) is 0 Å². The van der Waals surface area contributed by atoms with Gasteiger partial charge in [-0.2, -0.15) is 0 Å². The largest absolute Gasteiger partial charge is 0.392 e. The van der Waals surface area contributed by atoms with Crippen molar-refractivity contribution in [1.29, 1.82) is 0 Å². The standard InChI is InChI=1S/C26H22IN5O2/c1-16(33)13-29-26(34)20-6-5-19(12-21(20)27)23-8-9-24-25(31-23)32(15-30-24)14-17-4-7-22-18(11-17)3-2-10-28-22/h2-12,15-16,33H,13-14H2,1H3,(H,29,34)/t16-/m0/s1. The molecule has 0 unspecified atom stereocenters. The Balaban J connectivity index is 1.43. The van der Waals surface area contributed by atoms with E-state index in [0.717, 1.165) is 42.5 Å². The Labute approximate surface area is 210 Å². The number of imidazole rings is 1. The minimum atomic E-state index is -0.590. The summed E-state index contributed by atoms with van der Waals surface area (Å²) in [5.74, 6) is -0.205. The number of nitrogens with zero attached hydrogens (tertiary/aromatic N) is 4. The molecule has 5 aromatic rings. The van der Waals surface area contributed by atoms with Crippen LogP contribution < -0.4 is 5.32 Å². The molecule has 1 atom stereocenters. The molecule has 0 aliphatic rings. The van der Waals surface area contributed by atoms with Crippen molar-refractivity contribution >= 4 is 50.6 Å². The average Bonchev–Trinajstić information content (AvgIpc) is 3.24. The molecule has 0 radical (unpaired) electrons. The molecule has 0 aliphatic carbocycles. The van der Waals surface area contributed by atoms with Crippen LogP contribution in [0.15, 0.2) is 73.2 Å².